The van der Waals surface area contributed by atoms with Crippen LogP contribution in [0, 0.1) is 6.92 Å². The Morgan fingerprint density at radius 2 is 1.52 bits per heavy atom. The molecule has 2 rings (SSSR count). The van der Waals surface area contributed by atoms with E-state index in [-0.39, 0.29) is 17.2 Å². The average Bonchev–Trinajstić information content (AvgIpc) is 2.70. The summed E-state index contributed by atoms with van der Waals surface area (Å²) >= 11 is 0. The van der Waals surface area contributed by atoms with Gasteiger partial charge in [-0.2, -0.15) is 0 Å². The van der Waals surface area contributed by atoms with E-state index in [1.807, 2.05) is 31.2 Å². The highest BCUT2D eigenvalue weighted by Gasteiger charge is 2.25. The van der Waals surface area contributed by atoms with Gasteiger partial charge in [0.2, 0.25) is 11.8 Å². The normalized spacial score (nSPS) is 12.3. The van der Waals surface area contributed by atoms with Gasteiger partial charge in [0.15, 0.2) is 0 Å². The summed E-state index contributed by atoms with van der Waals surface area (Å²) in [5, 5.41) is 2.66. The Labute approximate surface area is 175 Å². The van der Waals surface area contributed by atoms with Gasteiger partial charge >= 0.3 is 0 Å². The number of amides is 2. The molecule has 156 valence electrons. The van der Waals surface area contributed by atoms with Crippen LogP contribution < -0.4 is 5.32 Å². The molecule has 0 saturated carbocycles. The zero-order chi connectivity index (χ0) is 21.6. The molecule has 1 atom stereocenters. The summed E-state index contributed by atoms with van der Waals surface area (Å²) < 4.78 is 0. The SMILES string of the molecule is CNC(=O)C(C)N(Cc1ccc(C)cc1)C(=O)CCc1ccc(C(C)(C)C)cc1. The number of rotatable bonds is 7. The molecule has 0 spiro atoms. The standard InChI is InChI=1S/C25H34N2O2/c1-18-7-9-21(10-8-18)17-27(19(2)24(29)26-6)23(28)16-13-20-11-14-22(15-12-20)25(3,4)5/h7-12,14-15,19H,13,16-17H2,1-6H3,(H,26,29). The number of nitrogens with one attached hydrogen (secondary N) is 1. The number of carbonyl (C=O) groups is 2. The Hall–Kier alpha value is -2.62. The van der Waals surface area contributed by atoms with Crippen molar-refractivity contribution in [3.05, 3.63) is 70.8 Å². The molecule has 0 aliphatic heterocycles. The van der Waals surface area contributed by atoms with Gasteiger partial charge in [0, 0.05) is 20.0 Å². The van der Waals surface area contributed by atoms with Crippen LogP contribution in [0.1, 0.15) is 56.4 Å². The molecule has 1 N–H and O–H groups in total. The molecule has 0 bridgehead atoms. The lowest BCUT2D eigenvalue weighted by atomic mass is 9.86. The molecule has 2 aromatic carbocycles. The molecule has 0 heterocycles. The third-order valence-corrected chi connectivity index (χ3v) is 5.33. The van der Waals surface area contributed by atoms with Crippen molar-refractivity contribution in [3.8, 4) is 0 Å². The Morgan fingerprint density at radius 1 is 0.966 bits per heavy atom. The Morgan fingerprint density at radius 3 is 2.03 bits per heavy atom. The van der Waals surface area contributed by atoms with Crippen molar-refractivity contribution in [2.75, 3.05) is 7.05 Å². The molecule has 0 aliphatic carbocycles. The van der Waals surface area contributed by atoms with Crippen LogP contribution in [0.15, 0.2) is 48.5 Å². The lowest BCUT2D eigenvalue weighted by molar-refractivity contribution is -0.140. The van der Waals surface area contributed by atoms with Crippen LogP contribution in [0.3, 0.4) is 0 Å². The Balaban J connectivity index is 2.10. The number of benzene rings is 2. The van der Waals surface area contributed by atoms with Crippen LogP contribution in [0.25, 0.3) is 0 Å². The summed E-state index contributed by atoms with van der Waals surface area (Å²) in [5.41, 5.74) is 4.72. The maximum Gasteiger partial charge on any atom is 0.242 e. The molecular formula is C25H34N2O2. The van der Waals surface area contributed by atoms with E-state index in [1.54, 1.807) is 18.9 Å². The number of hydrogen-bond donors (Lipinski definition) is 1. The fourth-order valence-electron chi connectivity index (χ4n) is 3.25. The van der Waals surface area contributed by atoms with E-state index in [4.69, 9.17) is 0 Å². The van der Waals surface area contributed by atoms with Gasteiger partial charge in [-0.25, -0.2) is 0 Å². The number of aryl methyl sites for hydroxylation is 2. The molecule has 0 aromatic heterocycles. The third-order valence-electron chi connectivity index (χ3n) is 5.33. The molecule has 0 radical (unpaired) electrons. The molecule has 2 amide bonds. The monoisotopic (exact) mass is 394 g/mol. The molecule has 2 aromatic rings. The van der Waals surface area contributed by atoms with Crippen molar-refractivity contribution < 1.29 is 9.59 Å². The van der Waals surface area contributed by atoms with Crippen molar-refractivity contribution >= 4 is 11.8 Å². The van der Waals surface area contributed by atoms with E-state index in [0.717, 1.165) is 11.1 Å². The van der Waals surface area contributed by atoms with Gasteiger partial charge in [-0.05, 0) is 42.4 Å². The second kappa shape index (κ2) is 9.73. The van der Waals surface area contributed by atoms with E-state index in [2.05, 4.69) is 50.4 Å². The molecule has 29 heavy (non-hydrogen) atoms. The van der Waals surface area contributed by atoms with E-state index in [1.165, 1.54) is 11.1 Å². The number of nitrogens with zero attached hydrogens (tertiary/aromatic N) is 1. The first-order valence-electron chi connectivity index (χ1n) is 10.3. The summed E-state index contributed by atoms with van der Waals surface area (Å²) in [6, 6.07) is 16.0. The molecule has 4 heteroatoms. The maximum atomic E-state index is 13.0. The molecule has 4 nitrogen and oxygen atoms in total. The molecule has 0 fully saturated rings. The second-order valence-electron chi connectivity index (χ2n) is 8.74. The molecule has 0 aliphatic rings. The Kier molecular flexibility index (Phi) is 7.60. The van der Waals surface area contributed by atoms with Crippen molar-refractivity contribution in [1.82, 2.24) is 10.2 Å². The Bertz CT molecular complexity index is 817. The van der Waals surface area contributed by atoms with Gasteiger partial charge in [-0.3, -0.25) is 9.59 Å². The van der Waals surface area contributed by atoms with Crippen LogP contribution in [0.2, 0.25) is 0 Å². The van der Waals surface area contributed by atoms with Crippen molar-refractivity contribution in [1.29, 1.82) is 0 Å². The summed E-state index contributed by atoms with van der Waals surface area (Å²) in [5.74, 6) is -0.165. The van der Waals surface area contributed by atoms with Crippen molar-refractivity contribution in [3.63, 3.8) is 0 Å². The summed E-state index contributed by atoms with van der Waals surface area (Å²) in [7, 11) is 1.60. The van der Waals surface area contributed by atoms with Crippen LogP contribution in [0.4, 0.5) is 0 Å². The van der Waals surface area contributed by atoms with Crippen LogP contribution in [0.5, 0.6) is 0 Å². The first-order chi connectivity index (χ1) is 13.6. The van der Waals surface area contributed by atoms with Gasteiger partial charge in [0.1, 0.15) is 6.04 Å². The quantitative estimate of drug-likeness (QED) is 0.757. The topological polar surface area (TPSA) is 49.4 Å². The third kappa shape index (κ3) is 6.45. The fourth-order valence-corrected chi connectivity index (χ4v) is 3.25. The summed E-state index contributed by atoms with van der Waals surface area (Å²) in [4.78, 5) is 26.9. The number of carbonyl (C=O) groups excluding carboxylic acids is 2. The largest absolute Gasteiger partial charge is 0.357 e. The lowest BCUT2D eigenvalue weighted by Crippen LogP contribution is -2.46. The molecular weight excluding hydrogens is 360 g/mol. The number of likely N-dealkylation sites (N-methyl/N-ethyl adjacent to an activating group) is 1. The zero-order valence-corrected chi connectivity index (χ0v) is 18.6. The zero-order valence-electron chi connectivity index (χ0n) is 18.6. The molecule has 1 unspecified atom stereocenters. The van der Waals surface area contributed by atoms with Gasteiger partial charge in [0.25, 0.3) is 0 Å². The first kappa shape index (κ1) is 22.7. The van der Waals surface area contributed by atoms with E-state index < -0.39 is 6.04 Å². The lowest BCUT2D eigenvalue weighted by Gasteiger charge is -2.28. The first-order valence-corrected chi connectivity index (χ1v) is 10.3. The summed E-state index contributed by atoms with van der Waals surface area (Å²) in [6.07, 6.45) is 1.04. The highest BCUT2D eigenvalue weighted by atomic mass is 16.2. The van der Waals surface area contributed by atoms with Crippen LogP contribution in [-0.4, -0.2) is 29.8 Å². The molecule has 0 saturated heterocycles. The summed E-state index contributed by atoms with van der Waals surface area (Å²) in [6.45, 7) is 10.8. The fraction of sp³-hybridized carbons (Fsp3) is 0.440. The maximum absolute atomic E-state index is 13.0. The predicted octanol–water partition coefficient (Wildman–Crippen LogP) is 4.39. The minimum Gasteiger partial charge on any atom is -0.357 e. The average molecular weight is 395 g/mol. The van der Waals surface area contributed by atoms with Gasteiger partial charge in [-0.15, -0.1) is 0 Å². The highest BCUT2D eigenvalue weighted by Crippen LogP contribution is 2.22. The van der Waals surface area contributed by atoms with E-state index in [9.17, 15) is 9.59 Å². The smallest absolute Gasteiger partial charge is 0.242 e. The van der Waals surface area contributed by atoms with Gasteiger partial charge in [-0.1, -0.05) is 74.9 Å². The highest BCUT2D eigenvalue weighted by molar-refractivity contribution is 5.87. The van der Waals surface area contributed by atoms with E-state index >= 15 is 0 Å². The van der Waals surface area contributed by atoms with Crippen LogP contribution >= 0.6 is 0 Å². The number of hydrogen-bond acceptors (Lipinski definition) is 2. The van der Waals surface area contributed by atoms with Gasteiger partial charge in [0.05, 0.1) is 0 Å². The predicted molar refractivity (Wildman–Crippen MR) is 119 cm³/mol. The van der Waals surface area contributed by atoms with E-state index in [0.29, 0.717) is 19.4 Å². The van der Waals surface area contributed by atoms with Crippen LogP contribution in [-0.2, 0) is 28.0 Å². The second-order valence-corrected chi connectivity index (χ2v) is 8.74. The van der Waals surface area contributed by atoms with Crippen molar-refractivity contribution in [2.45, 2.75) is 65.5 Å². The minimum atomic E-state index is -0.517. The van der Waals surface area contributed by atoms with Crippen molar-refractivity contribution in [2.24, 2.45) is 0 Å². The minimum absolute atomic E-state index is 0.0124. The van der Waals surface area contributed by atoms with Gasteiger partial charge < -0.3 is 10.2 Å².